The number of allylic oxidation sites excluding steroid dienone is 6. The van der Waals surface area contributed by atoms with Gasteiger partial charge in [0.1, 0.15) is 13.2 Å². The molecule has 0 bridgehead atoms. The molecule has 0 heterocycles. The first kappa shape index (κ1) is 70.6. The minimum absolute atomic E-state index is 0.0721. The molecule has 0 N–H and O–H groups in total. The van der Waals surface area contributed by atoms with Gasteiger partial charge in [0.05, 0.1) is 0 Å². The Morgan fingerprint density at radius 3 is 0.795 bits per heavy atom. The lowest BCUT2D eigenvalue weighted by Gasteiger charge is -2.18. The zero-order valence-electron chi connectivity index (χ0n) is 49.2. The van der Waals surface area contributed by atoms with E-state index < -0.39 is 6.10 Å². The summed E-state index contributed by atoms with van der Waals surface area (Å²) in [6.45, 7) is 6.67. The number of hydrogen-bond donors (Lipinski definition) is 0. The smallest absolute Gasteiger partial charge is 0.306 e. The summed E-state index contributed by atoms with van der Waals surface area (Å²) in [5.41, 5.74) is 0. The fourth-order valence-corrected chi connectivity index (χ4v) is 9.71. The van der Waals surface area contributed by atoms with Crippen molar-refractivity contribution in [3.8, 4) is 0 Å². The Balaban J connectivity index is 4.33. The largest absolute Gasteiger partial charge is 0.462 e. The van der Waals surface area contributed by atoms with Crippen LogP contribution in [-0.2, 0) is 28.6 Å². The Hall–Kier alpha value is -2.37. The molecule has 428 valence electrons. The quantitative estimate of drug-likeness (QED) is 0.0261. The summed E-state index contributed by atoms with van der Waals surface area (Å²) in [4.78, 5) is 38.3. The molecule has 0 saturated heterocycles. The first-order valence-electron chi connectivity index (χ1n) is 32.5. The van der Waals surface area contributed by atoms with Crippen molar-refractivity contribution in [2.75, 3.05) is 13.2 Å². The molecule has 0 aromatic carbocycles. The number of carbonyl (C=O) groups excluding carboxylic acids is 3. The fraction of sp³-hybridized carbons (Fsp3) is 0.866. The van der Waals surface area contributed by atoms with Gasteiger partial charge in [-0.1, -0.05) is 295 Å². The highest BCUT2D eigenvalue weighted by molar-refractivity contribution is 5.71. The van der Waals surface area contributed by atoms with Gasteiger partial charge < -0.3 is 14.2 Å². The second kappa shape index (κ2) is 62.2. The summed E-state index contributed by atoms with van der Waals surface area (Å²) in [5, 5.41) is 0. The lowest BCUT2D eigenvalue weighted by molar-refractivity contribution is -0.167. The van der Waals surface area contributed by atoms with Crippen molar-refractivity contribution >= 4 is 17.9 Å². The average Bonchev–Trinajstić information content (AvgIpc) is 3.39. The van der Waals surface area contributed by atoms with E-state index in [0.717, 1.165) is 70.6 Å². The fourth-order valence-electron chi connectivity index (χ4n) is 9.71. The second-order valence-corrected chi connectivity index (χ2v) is 22.0. The van der Waals surface area contributed by atoms with Crippen LogP contribution < -0.4 is 0 Å². The molecule has 0 rings (SSSR count). The number of ether oxygens (including phenoxy) is 3. The van der Waals surface area contributed by atoms with Crippen LogP contribution in [0.25, 0.3) is 0 Å². The van der Waals surface area contributed by atoms with Gasteiger partial charge in [-0.2, -0.15) is 0 Å². The van der Waals surface area contributed by atoms with Crippen LogP contribution >= 0.6 is 0 Å². The molecule has 0 aliphatic carbocycles. The molecule has 0 aromatic rings. The Labute approximate surface area is 455 Å². The molecular formula is C67H124O6. The van der Waals surface area contributed by atoms with Crippen molar-refractivity contribution in [1.29, 1.82) is 0 Å². The first-order chi connectivity index (χ1) is 36.0. The van der Waals surface area contributed by atoms with Crippen molar-refractivity contribution in [2.24, 2.45) is 0 Å². The van der Waals surface area contributed by atoms with Gasteiger partial charge in [0, 0.05) is 19.3 Å². The number of esters is 3. The van der Waals surface area contributed by atoms with Gasteiger partial charge in [0.2, 0.25) is 0 Å². The van der Waals surface area contributed by atoms with Crippen molar-refractivity contribution in [3.05, 3.63) is 36.5 Å². The lowest BCUT2D eigenvalue weighted by atomic mass is 10.0. The summed E-state index contributed by atoms with van der Waals surface area (Å²) < 4.78 is 17.0. The van der Waals surface area contributed by atoms with Gasteiger partial charge in [0.15, 0.2) is 6.10 Å². The van der Waals surface area contributed by atoms with Crippen LogP contribution in [0.15, 0.2) is 36.5 Å². The number of unbranched alkanes of at least 4 members (excludes halogenated alkanes) is 43. The van der Waals surface area contributed by atoms with Crippen LogP contribution in [0, 0.1) is 0 Å². The number of rotatable bonds is 60. The van der Waals surface area contributed by atoms with Crippen LogP contribution in [-0.4, -0.2) is 37.2 Å². The van der Waals surface area contributed by atoms with E-state index in [1.54, 1.807) is 0 Å². The molecule has 1 atom stereocenters. The minimum Gasteiger partial charge on any atom is -0.462 e. The SMILES string of the molecule is CCCCC/C=C\C/C=C\CCCCCCCCCCCC(=O)OC(COC(=O)CCCCCCC/C=C\CCCCCCCCC)COC(=O)CCCCCCCCCCCCCCCCCCCCCC. The van der Waals surface area contributed by atoms with Crippen molar-refractivity contribution in [1.82, 2.24) is 0 Å². The lowest BCUT2D eigenvalue weighted by Crippen LogP contribution is -2.30. The summed E-state index contributed by atoms with van der Waals surface area (Å²) in [6, 6.07) is 0. The molecule has 73 heavy (non-hydrogen) atoms. The number of carbonyl (C=O) groups is 3. The Kier molecular flexibility index (Phi) is 60.2. The monoisotopic (exact) mass is 1020 g/mol. The summed E-state index contributed by atoms with van der Waals surface area (Å²) in [7, 11) is 0. The van der Waals surface area contributed by atoms with E-state index in [2.05, 4.69) is 57.2 Å². The van der Waals surface area contributed by atoms with E-state index in [0.29, 0.717) is 19.3 Å². The van der Waals surface area contributed by atoms with Gasteiger partial charge in [-0.25, -0.2) is 0 Å². The molecule has 0 saturated carbocycles. The van der Waals surface area contributed by atoms with E-state index in [-0.39, 0.29) is 31.1 Å². The third-order valence-corrected chi connectivity index (χ3v) is 14.6. The molecule has 0 fully saturated rings. The van der Waals surface area contributed by atoms with Crippen LogP contribution in [0.3, 0.4) is 0 Å². The third-order valence-electron chi connectivity index (χ3n) is 14.6. The van der Waals surface area contributed by atoms with Crippen LogP contribution in [0.4, 0.5) is 0 Å². The maximum atomic E-state index is 12.9. The highest BCUT2D eigenvalue weighted by Gasteiger charge is 2.19. The minimum atomic E-state index is -0.776. The maximum absolute atomic E-state index is 12.9. The molecule has 6 nitrogen and oxygen atoms in total. The highest BCUT2D eigenvalue weighted by atomic mass is 16.6. The second-order valence-electron chi connectivity index (χ2n) is 22.0. The van der Waals surface area contributed by atoms with E-state index in [1.165, 1.54) is 244 Å². The standard InChI is InChI=1S/C67H124O6/c1-4-7-10-13-16-19-22-25-28-31-33-35-36-39-42-45-48-51-54-57-60-66(69)72-63-64(62-71-65(68)59-56-53-50-47-44-41-38-30-27-24-21-18-15-12-9-6-3)73-67(70)61-58-55-52-49-46-43-40-37-34-32-29-26-23-20-17-14-11-8-5-2/h17,20,26,29-30,38,64H,4-16,18-19,21-25,27-28,31-37,39-63H2,1-3H3/b20-17-,29-26-,38-30-. The molecule has 0 spiro atoms. The van der Waals surface area contributed by atoms with Gasteiger partial charge in [0.25, 0.3) is 0 Å². The highest BCUT2D eigenvalue weighted by Crippen LogP contribution is 2.17. The third kappa shape index (κ3) is 60.4. The van der Waals surface area contributed by atoms with Crippen molar-refractivity contribution < 1.29 is 28.6 Å². The Morgan fingerprint density at radius 2 is 0.493 bits per heavy atom. The number of hydrogen-bond acceptors (Lipinski definition) is 6. The Morgan fingerprint density at radius 1 is 0.274 bits per heavy atom. The molecule has 0 aliphatic heterocycles. The van der Waals surface area contributed by atoms with Gasteiger partial charge in [-0.3, -0.25) is 14.4 Å². The molecule has 1 unspecified atom stereocenters. The van der Waals surface area contributed by atoms with Crippen LogP contribution in [0.2, 0.25) is 0 Å². The summed E-state index contributed by atoms with van der Waals surface area (Å²) >= 11 is 0. The first-order valence-corrected chi connectivity index (χ1v) is 32.5. The van der Waals surface area contributed by atoms with Crippen molar-refractivity contribution in [3.63, 3.8) is 0 Å². The molecular weight excluding hydrogens is 901 g/mol. The predicted octanol–water partition coefficient (Wildman–Crippen LogP) is 22.0. The summed E-state index contributed by atoms with van der Waals surface area (Å²) in [5.74, 6) is -0.860. The van der Waals surface area contributed by atoms with E-state index in [4.69, 9.17) is 14.2 Å². The van der Waals surface area contributed by atoms with E-state index in [1.807, 2.05) is 0 Å². The maximum Gasteiger partial charge on any atom is 0.306 e. The zero-order chi connectivity index (χ0) is 52.9. The van der Waals surface area contributed by atoms with Gasteiger partial charge >= 0.3 is 17.9 Å². The normalized spacial score (nSPS) is 12.2. The molecule has 6 heteroatoms. The molecule has 0 amide bonds. The molecule has 0 aromatic heterocycles. The molecule has 0 radical (unpaired) electrons. The Bertz CT molecular complexity index is 1220. The van der Waals surface area contributed by atoms with E-state index >= 15 is 0 Å². The van der Waals surface area contributed by atoms with Gasteiger partial charge in [-0.15, -0.1) is 0 Å². The van der Waals surface area contributed by atoms with Crippen LogP contribution in [0.5, 0.6) is 0 Å². The molecule has 0 aliphatic rings. The van der Waals surface area contributed by atoms with E-state index in [9.17, 15) is 14.4 Å². The topological polar surface area (TPSA) is 78.9 Å². The van der Waals surface area contributed by atoms with Crippen LogP contribution in [0.1, 0.15) is 355 Å². The van der Waals surface area contributed by atoms with Gasteiger partial charge in [-0.05, 0) is 77.0 Å². The summed E-state index contributed by atoms with van der Waals surface area (Å²) in [6.07, 6.45) is 75.7. The van der Waals surface area contributed by atoms with Crippen molar-refractivity contribution in [2.45, 2.75) is 361 Å². The zero-order valence-corrected chi connectivity index (χ0v) is 49.2. The average molecular weight is 1030 g/mol. The predicted molar refractivity (Wildman–Crippen MR) is 316 cm³/mol.